The molecule has 3 aromatic rings. The van der Waals surface area contributed by atoms with Crippen molar-refractivity contribution in [2.75, 3.05) is 5.73 Å². The zero-order chi connectivity index (χ0) is 14.3. The highest BCUT2D eigenvalue weighted by Crippen LogP contribution is 2.34. The molecule has 0 bridgehead atoms. The van der Waals surface area contributed by atoms with Gasteiger partial charge in [0.2, 0.25) is 0 Å². The van der Waals surface area contributed by atoms with Crippen molar-refractivity contribution in [3.8, 4) is 16.3 Å². The molecule has 0 unspecified atom stereocenters. The number of aromatic nitrogens is 2. The van der Waals surface area contributed by atoms with Gasteiger partial charge in [-0.25, -0.2) is 4.68 Å². The Bertz CT molecular complexity index is 773. The first-order chi connectivity index (χ1) is 9.54. The Morgan fingerprint density at radius 2 is 2.00 bits per heavy atom. The quantitative estimate of drug-likeness (QED) is 0.738. The summed E-state index contributed by atoms with van der Waals surface area (Å²) >= 11 is 5.10. The van der Waals surface area contributed by atoms with Crippen LogP contribution < -0.4 is 5.73 Å². The number of nitrogens with zero attached hydrogens (tertiary/aromatic N) is 2. The van der Waals surface area contributed by atoms with Crippen molar-refractivity contribution in [2.45, 2.75) is 13.8 Å². The first-order valence-corrected chi connectivity index (χ1v) is 7.84. The maximum atomic E-state index is 6.12. The summed E-state index contributed by atoms with van der Waals surface area (Å²) in [6, 6.07) is 10.4. The highest BCUT2D eigenvalue weighted by atomic mass is 79.9. The number of rotatable bonds is 2. The number of halogens is 1. The number of aryl methyl sites for hydroxylation is 2. The van der Waals surface area contributed by atoms with Crippen LogP contribution in [-0.2, 0) is 0 Å². The third-order valence-electron chi connectivity index (χ3n) is 3.16. The van der Waals surface area contributed by atoms with Gasteiger partial charge in [-0.1, -0.05) is 12.1 Å². The van der Waals surface area contributed by atoms with Gasteiger partial charge in [0.15, 0.2) is 0 Å². The van der Waals surface area contributed by atoms with Crippen LogP contribution >= 0.6 is 27.3 Å². The Hall–Kier alpha value is -1.59. The molecule has 1 aromatic carbocycles. The van der Waals surface area contributed by atoms with Crippen LogP contribution in [0.3, 0.4) is 0 Å². The van der Waals surface area contributed by atoms with Crippen molar-refractivity contribution in [3.05, 3.63) is 51.4 Å². The summed E-state index contributed by atoms with van der Waals surface area (Å²) in [7, 11) is 0. The van der Waals surface area contributed by atoms with E-state index < -0.39 is 0 Å². The molecule has 0 spiro atoms. The molecular weight excluding hydrogens is 334 g/mol. The van der Waals surface area contributed by atoms with Crippen LogP contribution in [0.25, 0.3) is 16.3 Å². The lowest BCUT2D eigenvalue weighted by Gasteiger charge is -2.06. The van der Waals surface area contributed by atoms with Gasteiger partial charge in [0.1, 0.15) is 5.69 Å². The van der Waals surface area contributed by atoms with Gasteiger partial charge in [0.05, 0.1) is 26.2 Å². The minimum absolute atomic E-state index is 0.695. The summed E-state index contributed by atoms with van der Waals surface area (Å²) in [4.78, 5) is 1.07. The molecule has 0 aliphatic carbocycles. The molecule has 3 rings (SSSR count). The van der Waals surface area contributed by atoms with E-state index in [1.807, 2.05) is 23.0 Å². The molecule has 0 amide bonds. The van der Waals surface area contributed by atoms with Gasteiger partial charge in [-0.2, -0.15) is 5.10 Å². The lowest BCUT2D eigenvalue weighted by molar-refractivity contribution is 0.876. The van der Waals surface area contributed by atoms with Crippen LogP contribution in [0.5, 0.6) is 0 Å². The van der Waals surface area contributed by atoms with Crippen molar-refractivity contribution in [3.63, 3.8) is 0 Å². The van der Waals surface area contributed by atoms with Gasteiger partial charge in [0, 0.05) is 0 Å². The van der Waals surface area contributed by atoms with Crippen LogP contribution in [0.1, 0.15) is 11.1 Å². The Labute approximate surface area is 130 Å². The van der Waals surface area contributed by atoms with Crippen molar-refractivity contribution >= 4 is 33.0 Å². The molecule has 3 nitrogen and oxygen atoms in total. The normalized spacial score (nSPS) is 10.9. The van der Waals surface area contributed by atoms with Gasteiger partial charge >= 0.3 is 0 Å². The number of hydrogen-bond acceptors (Lipinski definition) is 3. The van der Waals surface area contributed by atoms with Crippen LogP contribution in [0.2, 0.25) is 0 Å². The predicted octanol–water partition coefficient (Wildman–Crippen LogP) is 4.56. The van der Waals surface area contributed by atoms with Crippen LogP contribution in [0.4, 0.5) is 5.69 Å². The molecule has 5 heteroatoms. The molecule has 2 aromatic heterocycles. The molecule has 0 fully saturated rings. The van der Waals surface area contributed by atoms with Gasteiger partial charge < -0.3 is 5.73 Å². The van der Waals surface area contributed by atoms with E-state index in [4.69, 9.17) is 5.73 Å². The largest absolute Gasteiger partial charge is 0.396 e. The van der Waals surface area contributed by atoms with E-state index in [9.17, 15) is 0 Å². The van der Waals surface area contributed by atoms with Crippen LogP contribution in [-0.4, -0.2) is 9.78 Å². The number of benzene rings is 1. The van der Waals surface area contributed by atoms with E-state index >= 15 is 0 Å². The minimum Gasteiger partial charge on any atom is -0.396 e. The molecule has 0 saturated carbocycles. The summed E-state index contributed by atoms with van der Waals surface area (Å²) in [6.45, 7) is 4.15. The lowest BCUT2D eigenvalue weighted by atomic mass is 10.1. The first-order valence-electron chi connectivity index (χ1n) is 6.23. The van der Waals surface area contributed by atoms with Crippen molar-refractivity contribution < 1.29 is 0 Å². The van der Waals surface area contributed by atoms with E-state index in [0.29, 0.717) is 5.69 Å². The van der Waals surface area contributed by atoms with E-state index in [1.54, 1.807) is 11.3 Å². The second-order valence-corrected chi connectivity index (χ2v) is 7.23. The molecule has 0 atom stereocenters. The van der Waals surface area contributed by atoms with E-state index in [1.165, 1.54) is 11.1 Å². The maximum Gasteiger partial charge on any atom is 0.126 e. The van der Waals surface area contributed by atoms with E-state index in [0.717, 1.165) is 20.0 Å². The van der Waals surface area contributed by atoms with Gasteiger partial charge in [0.25, 0.3) is 0 Å². The summed E-state index contributed by atoms with van der Waals surface area (Å²) in [5, 5.41) is 4.65. The van der Waals surface area contributed by atoms with E-state index in [2.05, 4.69) is 53.1 Å². The number of thiophene rings is 1. The average molecular weight is 348 g/mol. The highest BCUT2D eigenvalue weighted by Gasteiger charge is 2.12. The fourth-order valence-corrected chi connectivity index (χ4v) is 3.50. The number of nitrogen functional groups attached to an aromatic ring is 1. The van der Waals surface area contributed by atoms with Crippen molar-refractivity contribution in [1.29, 1.82) is 0 Å². The fourth-order valence-electron chi connectivity index (χ4n) is 2.11. The van der Waals surface area contributed by atoms with Gasteiger partial charge in [-0.3, -0.25) is 0 Å². The number of anilines is 1. The number of nitrogens with two attached hydrogens (primary N) is 1. The second-order valence-electron chi connectivity index (χ2n) is 4.77. The molecule has 0 saturated heterocycles. The Morgan fingerprint density at radius 3 is 2.70 bits per heavy atom. The van der Waals surface area contributed by atoms with Crippen molar-refractivity contribution in [1.82, 2.24) is 9.78 Å². The van der Waals surface area contributed by atoms with Gasteiger partial charge in [-0.05, 0) is 59.1 Å². The smallest absolute Gasteiger partial charge is 0.126 e. The van der Waals surface area contributed by atoms with Crippen molar-refractivity contribution in [2.24, 2.45) is 0 Å². The number of hydrogen-bond donors (Lipinski definition) is 1. The molecule has 0 aliphatic rings. The predicted molar refractivity (Wildman–Crippen MR) is 88.5 cm³/mol. The van der Waals surface area contributed by atoms with Crippen LogP contribution in [0, 0.1) is 13.8 Å². The summed E-state index contributed by atoms with van der Waals surface area (Å²) < 4.78 is 2.94. The molecule has 0 radical (unpaired) electrons. The molecule has 102 valence electrons. The standard InChI is InChI=1S/C15H14BrN3S/c1-9-3-4-10(2)12(7-9)19-8-11(17)15(18-19)13-5-6-14(16)20-13/h3-8H,17H2,1-2H3. The molecule has 0 aliphatic heterocycles. The Balaban J connectivity index is 2.11. The topological polar surface area (TPSA) is 43.8 Å². The molecule has 20 heavy (non-hydrogen) atoms. The molecule has 2 heterocycles. The maximum absolute atomic E-state index is 6.12. The highest BCUT2D eigenvalue weighted by molar-refractivity contribution is 9.11. The monoisotopic (exact) mass is 347 g/mol. The lowest BCUT2D eigenvalue weighted by Crippen LogP contribution is -1.98. The Morgan fingerprint density at radius 1 is 1.20 bits per heavy atom. The third-order valence-corrected chi connectivity index (χ3v) is 4.79. The summed E-state index contributed by atoms with van der Waals surface area (Å²) in [6.07, 6.45) is 1.88. The van der Waals surface area contributed by atoms with Gasteiger partial charge in [-0.15, -0.1) is 11.3 Å². The minimum atomic E-state index is 0.695. The van der Waals surface area contributed by atoms with E-state index in [-0.39, 0.29) is 0 Å². The van der Waals surface area contributed by atoms with Crippen LogP contribution in [0.15, 0.2) is 40.3 Å². The zero-order valence-electron chi connectivity index (χ0n) is 11.2. The molecule has 2 N–H and O–H groups in total. The SMILES string of the molecule is Cc1ccc(C)c(-n2cc(N)c(-c3ccc(Br)s3)n2)c1. The second kappa shape index (κ2) is 5.07. The summed E-state index contributed by atoms with van der Waals surface area (Å²) in [5.41, 5.74) is 11.1. The molecular formula is C15H14BrN3S. The fraction of sp³-hybridized carbons (Fsp3) is 0.133. The third kappa shape index (κ3) is 2.39. The first kappa shape index (κ1) is 13.4. The zero-order valence-corrected chi connectivity index (χ0v) is 13.6. The summed E-state index contributed by atoms with van der Waals surface area (Å²) in [5.74, 6) is 0. The Kier molecular flexibility index (Phi) is 3.40. The average Bonchev–Trinajstić information content (AvgIpc) is 2.98.